The summed E-state index contributed by atoms with van der Waals surface area (Å²) in [6.45, 7) is 6.49. The zero-order valence-corrected chi connectivity index (χ0v) is 17.3. The van der Waals surface area contributed by atoms with E-state index in [0.29, 0.717) is 28.6 Å². The van der Waals surface area contributed by atoms with Gasteiger partial charge in [0.15, 0.2) is 5.16 Å². The van der Waals surface area contributed by atoms with Gasteiger partial charge in [0, 0.05) is 27.8 Å². The van der Waals surface area contributed by atoms with Crippen molar-refractivity contribution in [3.63, 3.8) is 0 Å². The van der Waals surface area contributed by atoms with Crippen molar-refractivity contribution >= 4 is 35.1 Å². The molecule has 1 heterocycles. The van der Waals surface area contributed by atoms with E-state index < -0.39 is 0 Å². The van der Waals surface area contributed by atoms with E-state index in [0.717, 1.165) is 11.0 Å². The molecular weight excluding hydrogens is 401 g/mol. The van der Waals surface area contributed by atoms with E-state index in [1.165, 1.54) is 28.3 Å². The third-order valence-electron chi connectivity index (χ3n) is 3.90. The average Bonchev–Trinajstić information content (AvgIpc) is 3.03. The van der Waals surface area contributed by atoms with Gasteiger partial charge in [-0.3, -0.25) is 0 Å². The first kappa shape index (κ1) is 20.0. The Labute approximate surface area is 172 Å². The van der Waals surface area contributed by atoms with Crippen molar-refractivity contribution in [2.24, 2.45) is 0 Å². The summed E-state index contributed by atoms with van der Waals surface area (Å²) in [5, 5.41) is 9.76. The van der Waals surface area contributed by atoms with E-state index in [1.54, 1.807) is 23.9 Å². The van der Waals surface area contributed by atoms with Crippen LogP contribution in [0, 0.1) is 12.7 Å². The number of hydrogen-bond acceptors (Lipinski definition) is 4. The molecule has 0 aliphatic heterocycles. The van der Waals surface area contributed by atoms with Crippen LogP contribution in [0.15, 0.2) is 65.2 Å². The molecule has 0 radical (unpaired) electrons. The number of aryl methyl sites for hydroxylation is 1. The molecule has 2 aromatic carbocycles. The molecule has 0 spiro atoms. The monoisotopic (exact) mass is 419 g/mol. The second-order valence-electron chi connectivity index (χ2n) is 5.89. The van der Waals surface area contributed by atoms with Gasteiger partial charge < -0.3 is 4.57 Å². The van der Waals surface area contributed by atoms with Gasteiger partial charge in [-0.2, -0.15) is 0 Å². The minimum absolute atomic E-state index is 0.306. The number of nitrogens with zero attached hydrogens (tertiary/aromatic N) is 3. The molecule has 7 heteroatoms. The largest absolute Gasteiger partial charge is 0.301 e. The van der Waals surface area contributed by atoms with Crippen LogP contribution >= 0.6 is 35.1 Å². The Kier molecular flexibility index (Phi) is 6.99. The maximum absolute atomic E-state index is 14.0. The van der Waals surface area contributed by atoms with Crippen LogP contribution in [-0.2, 0) is 18.1 Å². The third-order valence-corrected chi connectivity index (χ3v) is 6.26. The van der Waals surface area contributed by atoms with Crippen LogP contribution in [0.5, 0.6) is 0 Å². The first-order valence-corrected chi connectivity index (χ1v) is 10.7. The Hall–Kier alpha value is -1.76. The Morgan fingerprint density at radius 1 is 1.11 bits per heavy atom. The predicted molar refractivity (Wildman–Crippen MR) is 112 cm³/mol. The number of halogens is 2. The molecular formula is C20H19ClFN3S2. The molecule has 3 aromatic rings. The van der Waals surface area contributed by atoms with Crippen molar-refractivity contribution in [1.82, 2.24) is 14.8 Å². The van der Waals surface area contributed by atoms with Crippen LogP contribution in [0.1, 0.15) is 17.0 Å². The molecule has 0 saturated carbocycles. The van der Waals surface area contributed by atoms with Gasteiger partial charge in [0.05, 0.1) is 5.75 Å². The Morgan fingerprint density at radius 3 is 2.59 bits per heavy atom. The van der Waals surface area contributed by atoms with Gasteiger partial charge in [0.1, 0.15) is 11.6 Å². The molecule has 140 valence electrons. The first-order valence-electron chi connectivity index (χ1n) is 8.36. The summed E-state index contributed by atoms with van der Waals surface area (Å²) < 4.78 is 16.0. The van der Waals surface area contributed by atoms with E-state index in [4.69, 9.17) is 11.6 Å². The molecule has 0 aliphatic carbocycles. The summed E-state index contributed by atoms with van der Waals surface area (Å²) in [5.74, 6) is 1.65. The zero-order valence-electron chi connectivity index (χ0n) is 14.9. The van der Waals surface area contributed by atoms with Crippen LogP contribution in [0.3, 0.4) is 0 Å². The highest BCUT2D eigenvalue weighted by Crippen LogP contribution is 2.29. The second kappa shape index (κ2) is 9.44. The normalized spacial score (nSPS) is 10.9. The highest BCUT2D eigenvalue weighted by molar-refractivity contribution is 7.98. The van der Waals surface area contributed by atoms with Crippen molar-refractivity contribution in [3.8, 4) is 0 Å². The molecule has 0 N–H and O–H groups in total. The van der Waals surface area contributed by atoms with Gasteiger partial charge in [-0.15, -0.1) is 28.5 Å². The minimum Gasteiger partial charge on any atom is -0.301 e. The fourth-order valence-corrected chi connectivity index (χ4v) is 4.58. The molecule has 0 unspecified atom stereocenters. The maximum atomic E-state index is 14.0. The quantitative estimate of drug-likeness (QED) is 0.323. The molecule has 1 aromatic heterocycles. The number of hydrogen-bond donors (Lipinski definition) is 0. The summed E-state index contributed by atoms with van der Waals surface area (Å²) >= 11 is 9.24. The number of thioether (sulfide) groups is 2. The highest BCUT2D eigenvalue weighted by Gasteiger charge is 2.14. The van der Waals surface area contributed by atoms with Gasteiger partial charge in [-0.05, 0) is 31.2 Å². The van der Waals surface area contributed by atoms with Gasteiger partial charge in [-0.25, -0.2) is 4.39 Å². The topological polar surface area (TPSA) is 30.7 Å². The van der Waals surface area contributed by atoms with Gasteiger partial charge in [0.2, 0.25) is 0 Å². The van der Waals surface area contributed by atoms with Crippen LogP contribution in [0.25, 0.3) is 0 Å². The zero-order chi connectivity index (χ0) is 19.2. The maximum Gasteiger partial charge on any atom is 0.191 e. The summed E-state index contributed by atoms with van der Waals surface area (Å²) in [4.78, 5) is 1.18. The predicted octanol–water partition coefficient (Wildman–Crippen LogP) is 6.15. The van der Waals surface area contributed by atoms with E-state index in [2.05, 4.69) is 48.0 Å². The Morgan fingerprint density at radius 2 is 1.89 bits per heavy atom. The number of aromatic nitrogens is 3. The number of rotatable bonds is 8. The fraction of sp³-hybridized carbons (Fsp3) is 0.200. The molecule has 0 aliphatic rings. The molecule has 3 rings (SSSR count). The van der Waals surface area contributed by atoms with E-state index in [9.17, 15) is 4.39 Å². The van der Waals surface area contributed by atoms with E-state index in [1.807, 2.05) is 10.6 Å². The second-order valence-corrected chi connectivity index (χ2v) is 8.29. The highest BCUT2D eigenvalue weighted by atomic mass is 35.5. The SMILES string of the molecule is C=CCn1c(CSc2ccc(C)cc2)nnc1SCc1c(F)cccc1Cl. The lowest BCUT2D eigenvalue weighted by Crippen LogP contribution is -2.03. The van der Waals surface area contributed by atoms with Crippen LogP contribution in [0.4, 0.5) is 4.39 Å². The van der Waals surface area contributed by atoms with Crippen LogP contribution in [0.2, 0.25) is 5.02 Å². The standard InChI is InChI=1S/C20H19ClFN3S2/c1-3-11-25-19(13-26-15-9-7-14(2)8-10-15)23-24-20(25)27-12-16-17(21)5-4-6-18(16)22/h3-10H,1,11-13H2,2H3. The molecule has 0 bridgehead atoms. The van der Waals surface area contributed by atoms with Crippen LogP contribution in [-0.4, -0.2) is 14.8 Å². The summed E-state index contributed by atoms with van der Waals surface area (Å²) in [7, 11) is 0. The Bertz CT molecular complexity index is 905. The van der Waals surface area contributed by atoms with Gasteiger partial charge in [-0.1, -0.05) is 53.2 Å². The summed E-state index contributed by atoms with van der Waals surface area (Å²) in [6.07, 6.45) is 1.81. The lowest BCUT2D eigenvalue weighted by atomic mass is 10.2. The van der Waals surface area contributed by atoms with Crippen molar-refractivity contribution in [1.29, 1.82) is 0 Å². The lowest BCUT2D eigenvalue weighted by Gasteiger charge is -2.09. The first-order chi connectivity index (χ1) is 13.1. The van der Waals surface area contributed by atoms with Crippen LogP contribution < -0.4 is 0 Å². The molecule has 27 heavy (non-hydrogen) atoms. The van der Waals surface area contributed by atoms with Crippen molar-refractivity contribution in [2.45, 2.75) is 35.0 Å². The minimum atomic E-state index is -0.306. The van der Waals surface area contributed by atoms with Crippen molar-refractivity contribution < 1.29 is 4.39 Å². The van der Waals surface area contributed by atoms with Gasteiger partial charge >= 0.3 is 0 Å². The molecule has 3 nitrogen and oxygen atoms in total. The summed E-state index contributed by atoms with van der Waals surface area (Å²) in [6, 6.07) is 13.1. The molecule has 0 saturated heterocycles. The smallest absolute Gasteiger partial charge is 0.191 e. The Balaban J connectivity index is 1.72. The van der Waals surface area contributed by atoms with E-state index >= 15 is 0 Å². The average molecular weight is 420 g/mol. The third kappa shape index (κ3) is 5.15. The number of allylic oxidation sites excluding steroid dienone is 1. The van der Waals surface area contributed by atoms with Crippen molar-refractivity contribution in [2.75, 3.05) is 0 Å². The van der Waals surface area contributed by atoms with E-state index in [-0.39, 0.29) is 5.82 Å². The molecule has 0 atom stereocenters. The van der Waals surface area contributed by atoms with Crippen molar-refractivity contribution in [3.05, 3.63) is 82.9 Å². The van der Waals surface area contributed by atoms with Gasteiger partial charge in [0.25, 0.3) is 0 Å². The number of benzene rings is 2. The lowest BCUT2D eigenvalue weighted by molar-refractivity contribution is 0.617. The molecule has 0 fully saturated rings. The summed E-state index contributed by atoms with van der Waals surface area (Å²) in [5.41, 5.74) is 1.72. The molecule has 0 amide bonds. The fourth-order valence-electron chi connectivity index (χ4n) is 2.43.